The summed E-state index contributed by atoms with van der Waals surface area (Å²) in [6.07, 6.45) is 0.574. The molecule has 3 aromatic carbocycles. The first-order valence-corrected chi connectivity index (χ1v) is 10.9. The van der Waals surface area contributed by atoms with Crippen LogP contribution in [0.3, 0.4) is 0 Å². The number of methoxy groups -OCH3 is 2. The summed E-state index contributed by atoms with van der Waals surface area (Å²) in [5, 5.41) is 2.01. The van der Waals surface area contributed by atoms with E-state index in [-0.39, 0.29) is 24.6 Å². The Labute approximate surface area is 192 Å². The van der Waals surface area contributed by atoms with Gasteiger partial charge in [0.2, 0.25) is 0 Å². The van der Waals surface area contributed by atoms with Crippen LogP contribution in [0, 0.1) is 12.8 Å². The van der Waals surface area contributed by atoms with Gasteiger partial charge in [-0.05, 0) is 42.2 Å². The van der Waals surface area contributed by atoms with Crippen LogP contribution in [0.15, 0.2) is 42.5 Å². The quantitative estimate of drug-likeness (QED) is 0.483. The first-order chi connectivity index (χ1) is 15.5. The molecule has 4 rings (SSSR count). The summed E-state index contributed by atoms with van der Waals surface area (Å²) in [4.78, 5) is 26.1. The van der Waals surface area contributed by atoms with Crippen molar-refractivity contribution >= 4 is 33.9 Å². The molecule has 0 aromatic heterocycles. The number of hydrogen-bond donors (Lipinski definition) is 0. The molecular formula is C26H25ClO5. The summed E-state index contributed by atoms with van der Waals surface area (Å²) in [5.41, 5.74) is 3.20. The number of carbonyl (C=O) groups excluding carboxylic acids is 2. The van der Waals surface area contributed by atoms with Crippen molar-refractivity contribution in [2.24, 2.45) is 5.92 Å². The van der Waals surface area contributed by atoms with E-state index in [9.17, 15) is 9.59 Å². The van der Waals surface area contributed by atoms with Crippen molar-refractivity contribution in [1.82, 2.24) is 0 Å². The fourth-order valence-corrected chi connectivity index (χ4v) is 4.81. The fourth-order valence-electron chi connectivity index (χ4n) is 4.51. The van der Waals surface area contributed by atoms with Crippen molar-refractivity contribution in [3.05, 3.63) is 69.7 Å². The summed E-state index contributed by atoms with van der Waals surface area (Å²) in [6.45, 7) is 2.26. The highest BCUT2D eigenvalue weighted by Gasteiger charge is 2.35. The van der Waals surface area contributed by atoms with Crippen LogP contribution in [0.5, 0.6) is 11.5 Å². The molecule has 3 aromatic rings. The second-order valence-electron chi connectivity index (χ2n) is 7.98. The molecule has 6 heteroatoms. The van der Waals surface area contributed by atoms with E-state index in [1.807, 2.05) is 37.3 Å². The van der Waals surface area contributed by atoms with E-state index in [2.05, 4.69) is 0 Å². The largest absolute Gasteiger partial charge is 0.496 e. The van der Waals surface area contributed by atoms with Gasteiger partial charge in [-0.15, -0.1) is 0 Å². The molecule has 1 aliphatic carbocycles. The molecule has 32 heavy (non-hydrogen) atoms. The number of rotatable bonds is 7. The van der Waals surface area contributed by atoms with Gasteiger partial charge < -0.3 is 14.2 Å². The lowest BCUT2D eigenvalue weighted by Gasteiger charge is -2.28. The van der Waals surface area contributed by atoms with E-state index >= 15 is 0 Å². The van der Waals surface area contributed by atoms with Crippen molar-refractivity contribution in [2.45, 2.75) is 26.4 Å². The average molecular weight is 453 g/mol. The molecule has 1 atom stereocenters. The fraction of sp³-hybridized carbons (Fsp3) is 0.308. The molecule has 0 aliphatic heterocycles. The van der Waals surface area contributed by atoms with Crippen LogP contribution in [0.2, 0.25) is 5.02 Å². The molecule has 1 aliphatic rings. The molecule has 0 bridgehead atoms. The van der Waals surface area contributed by atoms with E-state index < -0.39 is 5.92 Å². The van der Waals surface area contributed by atoms with Gasteiger partial charge in [0, 0.05) is 22.7 Å². The molecular weight excluding hydrogens is 428 g/mol. The predicted octanol–water partition coefficient (Wildman–Crippen LogP) is 5.35. The zero-order chi connectivity index (χ0) is 22.8. The number of fused-ring (bicyclic) bond motifs is 2. The summed E-state index contributed by atoms with van der Waals surface area (Å²) < 4.78 is 16.8. The van der Waals surface area contributed by atoms with Crippen LogP contribution < -0.4 is 9.47 Å². The normalized spacial score (nSPS) is 15.5. The lowest BCUT2D eigenvalue weighted by atomic mass is 9.77. The Morgan fingerprint density at radius 1 is 1.03 bits per heavy atom. The number of halogens is 1. The number of ketones is 2. The van der Waals surface area contributed by atoms with Crippen molar-refractivity contribution in [3.63, 3.8) is 0 Å². The molecule has 0 spiro atoms. The minimum Gasteiger partial charge on any atom is -0.496 e. The van der Waals surface area contributed by atoms with Gasteiger partial charge in [-0.3, -0.25) is 9.59 Å². The Morgan fingerprint density at radius 2 is 1.78 bits per heavy atom. The first-order valence-electron chi connectivity index (χ1n) is 10.5. The maximum Gasteiger partial charge on any atom is 0.167 e. The topological polar surface area (TPSA) is 61.8 Å². The van der Waals surface area contributed by atoms with Crippen LogP contribution in [-0.2, 0) is 22.6 Å². The number of benzene rings is 3. The highest BCUT2D eigenvalue weighted by Crippen LogP contribution is 2.46. The zero-order valence-electron chi connectivity index (χ0n) is 18.4. The average Bonchev–Trinajstić information content (AvgIpc) is 2.80. The third kappa shape index (κ3) is 3.98. The second-order valence-corrected chi connectivity index (χ2v) is 8.39. The lowest BCUT2D eigenvalue weighted by Crippen LogP contribution is -2.30. The molecule has 0 amide bonds. The Hall–Kier alpha value is -2.89. The zero-order valence-corrected chi connectivity index (χ0v) is 19.1. The van der Waals surface area contributed by atoms with Crippen molar-refractivity contribution in [1.29, 1.82) is 0 Å². The van der Waals surface area contributed by atoms with Crippen LogP contribution in [0.1, 0.15) is 33.5 Å². The van der Waals surface area contributed by atoms with Crippen molar-refractivity contribution in [3.8, 4) is 11.5 Å². The number of Topliss-reactive ketones (excluding diaryl/α,β-unsaturated/α-hetero) is 2. The van der Waals surface area contributed by atoms with Gasteiger partial charge >= 0.3 is 0 Å². The molecule has 0 saturated heterocycles. The van der Waals surface area contributed by atoms with Gasteiger partial charge in [0.25, 0.3) is 0 Å². The second kappa shape index (κ2) is 9.31. The summed E-state index contributed by atoms with van der Waals surface area (Å²) in [6, 6.07) is 13.2. The van der Waals surface area contributed by atoms with Gasteiger partial charge in [0.15, 0.2) is 11.6 Å². The van der Waals surface area contributed by atoms with Gasteiger partial charge in [-0.2, -0.15) is 0 Å². The third-order valence-electron chi connectivity index (χ3n) is 6.10. The number of aryl methyl sites for hydroxylation is 1. The van der Waals surface area contributed by atoms with E-state index in [1.165, 1.54) is 7.11 Å². The van der Waals surface area contributed by atoms with Crippen molar-refractivity contribution < 1.29 is 23.8 Å². The van der Waals surface area contributed by atoms with Crippen LogP contribution in [-0.4, -0.2) is 32.4 Å². The Bertz CT molecular complexity index is 1190. The molecule has 0 heterocycles. The number of hydrogen-bond acceptors (Lipinski definition) is 5. The monoisotopic (exact) mass is 452 g/mol. The number of carbonyl (C=O) groups is 2. The summed E-state index contributed by atoms with van der Waals surface area (Å²) >= 11 is 6.54. The Balaban J connectivity index is 1.66. The van der Waals surface area contributed by atoms with Gasteiger partial charge in [0.1, 0.15) is 18.1 Å². The minimum atomic E-state index is -0.434. The van der Waals surface area contributed by atoms with E-state index in [4.69, 9.17) is 25.8 Å². The molecule has 0 radical (unpaired) electrons. The standard InChI is InChI=1S/C26H25ClO5/c1-15-18-11-17(21(29)14-32-13-16-7-5-4-6-8-16)12-20(28)24(18)26(31-3)25-22(30-2)10-9-19(27)23(15)25/h4-10,17H,11-14H2,1-3H3. The highest BCUT2D eigenvalue weighted by molar-refractivity contribution is 6.36. The Morgan fingerprint density at radius 3 is 2.47 bits per heavy atom. The Kier molecular flexibility index (Phi) is 6.49. The van der Waals surface area contributed by atoms with Crippen molar-refractivity contribution in [2.75, 3.05) is 20.8 Å². The molecule has 0 N–H and O–H groups in total. The smallest absolute Gasteiger partial charge is 0.167 e. The SMILES string of the molecule is COc1ccc(Cl)c2c(C)c3c(c(OC)c12)C(=O)CC(C(=O)COCc1ccccc1)C3. The molecule has 0 fully saturated rings. The highest BCUT2D eigenvalue weighted by atomic mass is 35.5. The van der Waals surface area contributed by atoms with Crippen LogP contribution in [0.25, 0.3) is 10.8 Å². The maximum atomic E-state index is 13.2. The summed E-state index contributed by atoms with van der Waals surface area (Å²) in [5.74, 6) is 0.423. The molecule has 1 unspecified atom stereocenters. The molecule has 166 valence electrons. The van der Waals surface area contributed by atoms with Crippen LogP contribution in [0.4, 0.5) is 0 Å². The van der Waals surface area contributed by atoms with E-state index in [1.54, 1.807) is 19.2 Å². The van der Waals surface area contributed by atoms with Crippen LogP contribution >= 0.6 is 11.6 Å². The van der Waals surface area contributed by atoms with Gasteiger partial charge in [-0.1, -0.05) is 41.9 Å². The van der Waals surface area contributed by atoms with E-state index in [0.717, 1.165) is 22.1 Å². The lowest BCUT2D eigenvalue weighted by molar-refractivity contribution is -0.128. The predicted molar refractivity (Wildman–Crippen MR) is 124 cm³/mol. The third-order valence-corrected chi connectivity index (χ3v) is 6.41. The minimum absolute atomic E-state index is 0.0273. The first kappa shape index (κ1) is 22.3. The molecule has 0 saturated carbocycles. The molecule has 5 nitrogen and oxygen atoms in total. The number of ether oxygens (including phenoxy) is 3. The van der Waals surface area contributed by atoms with Gasteiger partial charge in [-0.25, -0.2) is 0 Å². The van der Waals surface area contributed by atoms with E-state index in [0.29, 0.717) is 40.5 Å². The summed E-state index contributed by atoms with van der Waals surface area (Å²) in [7, 11) is 3.11. The van der Waals surface area contributed by atoms with Gasteiger partial charge in [0.05, 0.1) is 31.8 Å². The maximum absolute atomic E-state index is 13.2.